The van der Waals surface area contributed by atoms with Gasteiger partial charge in [-0.2, -0.15) is 0 Å². The zero-order chi connectivity index (χ0) is 18.9. The van der Waals surface area contributed by atoms with Crippen molar-refractivity contribution in [1.82, 2.24) is 10.6 Å². The standard InChI is InChI=1S/C17H20N6O3/c1-16(18)20-15(11-5-3-8-14(9-11)26-2)21-17(19,22-16)12-6-4-7-13(10-12)23(24)25/h3-10,22H,18-19H2,1-2H3,(H,20,21). The maximum Gasteiger partial charge on any atom is 0.269 e. The number of hydrogen-bond donors (Lipinski definition) is 4. The third kappa shape index (κ3) is 3.49. The van der Waals surface area contributed by atoms with Gasteiger partial charge in [0.05, 0.1) is 12.0 Å². The molecule has 2 unspecified atom stereocenters. The molecule has 6 N–H and O–H groups in total. The van der Waals surface area contributed by atoms with Gasteiger partial charge in [-0.1, -0.05) is 24.3 Å². The van der Waals surface area contributed by atoms with Crippen LogP contribution in [0.1, 0.15) is 18.1 Å². The van der Waals surface area contributed by atoms with E-state index in [2.05, 4.69) is 15.6 Å². The Labute approximate surface area is 150 Å². The second-order valence-electron chi connectivity index (χ2n) is 6.22. The molecular formula is C17H20N6O3. The van der Waals surface area contributed by atoms with Crippen LogP contribution >= 0.6 is 0 Å². The number of non-ortho nitro benzene ring substituents is 1. The molecule has 0 radical (unpaired) electrons. The fourth-order valence-electron chi connectivity index (χ4n) is 2.81. The van der Waals surface area contributed by atoms with E-state index < -0.39 is 16.5 Å². The van der Waals surface area contributed by atoms with E-state index in [1.807, 2.05) is 18.2 Å². The molecule has 136 valence electrons. The Morgan fingerprint density at radius 2 is 1.92 bits per heavy atom. The first-order valence-corrected chi connectivity index (χ1v) is 7.87. The SMILES string of the molecule is COc1cccc(C2=NC(N)(c3cccc([N+](=O)[O-])c3)NC(C)(N)N2)c1. The minimum Gasteiger partial charge on any atom is -0.497 e. The largest absolute Gasteiger partial charge is 0.497 e. The predicted molar refractivity (Wildman–Crippen MR) is 97.4 cm³/mol. The highest BCUT2D eigenvalue weighted by Gasteiger charge is 2.39. The van der Waals surface area contributed by atoms with Crippen LogP contribution < -0.4 is 26.8 Å². The highest BCUT2D eigenvalue weighted by atomic mass is 16.6. The van der Waals surface area contributed by atoms with Crippen LogP contribution in [0.4, 0.5) is 5.69 Å². The van der Waals surface area contributed by atoms with E-state index in [-0.39, 0.29) is 5.69 Å². The summed E-state index contributed by atoms with van der Waals surface area (Å²) >= 11 is 0. The van der Waals surface area contributed by atoms with Crippen LogP contribution in [-0.2, 0) is 5.79 Å². The molecule has 1 heterocycles. The molecule has 3 rings (SSSR count). The van der Waals surface area contributed by atoms with Crippen molar-refractivity contribution in [3.63, 3.8) is 0 Å². The molecule has 9 heteroatoms. The quantitative estimate of drug-likeness (QED) is 0.472. The fourth-order valence-corrected chi connectivity index (χ4v) is 2.81. The number of nitro benzene ring substituents is 1. The summed E-state index contributed by atoms with van der Waals surface area (Å²) in [6.07, 6.45) is 0. The highest BCUT2D eigenvalue weighted by Crippen LogP contribution is 2.26. The third-order valence-corrected chi connectivity index (χ3v) is 3.96. The summed E-state index contributed by atoms with van der Waals surface area (Å²) < 4.78 is 5.24. The minimum absolute atomic E-state index is 0.0792. The number of aliphatic imine (C=N–C) groups is 1. The number of nitrogens with one attached hydrogen (secondary N) is 2. The molecule has 2 atom stereocenters. The van der Waals surface area contributed by atoms with Crippen molar-refractivity contribution in [3.05, 3.63) is 69.8 Å². The van der Waals surface area contributed by atoms with E-state index in [4.69, 9.17) is 16.2 Å². The molecule has 2 aromatic carbocycles. The molecule has 0 saturated heterocycles. The number of ether oxygens (including phenoxy) is 1. The van der Waals surface area contributed by atoms with E-state index in [1.165, 1.54) is 12.1 Å². The molecule has 0 bridgehead atoms. The predicted octanol–water partition coefficient (Wildman–Crippen LogP) is 0.944. The number of rotatable bonds is 4. The van der Waals surface area contributed by atoms with Crippen molar-refractivity contribution in [3.8, 4) is 5.75 Å². The van der Waals surface area contributed by atoms with Gasteiger partial charge in [-0.05, 0) is 19.1 Å². The second-order valence-corrected chi connectivity index (χ2v) is 6.22. The highest BCUT2D eigenvalue weighted by molar-refractivity contribution is 6.00. The second kappa shape index (κ2) is 6.37. The molecule has 0 aliphatic carbocycles. The van der Waals surface area contributed by atoms with Crippen molar-refractivity contribution < 1.29 is 9.66 Å². The van der Waals surface area contributed by atoms with Crippen molar-refractivity contribution in [2.45, 2.75) is 18.5 Å². The van der Waals surface area contributed by atoms with Crippen molar-refractivity contribution >= 4 is 11.5 Å². The molecule has 0 fully saturated rings. The number of amidine groups is 1. The van der Waals surface area contributed by atoms with Crippen LogP contribution in [0.2, 0.25) is 0 Å². The maximum absolute atomic E-state index is 11.1. The van der Waals surface area contributed by atoms with E-state index >= 15 is 0 Å². The smallest absolute Gasteiger partial charge is 0.269 e. The van der Waals surface area contributed by atoms with Crippen LogP contribution in [0.15, 0.2) is 53.5 Å². The van der Waals surface area contributed by atoms with Crippen LogP contribution in [-0.4, -0.2) is 23.7 Å². The molecule has 0 spiro atoms. The first kappa shape index (κ1) is 17.8. The lowest BCUT2D eigenvalue weighted by atomic mass is 10.0. The number of nitro groups is 1. The summed E-state index contributed by atoms with van der Waals surface area (Å²) in [6, 6.07) is 13.2. The topological polar surface area (TPSA) is 141 Å². The average molecular weight is 356 g/mol. The Morgan fingerprint density at radius 3 is 2.62 bits per heavy atom. The first-order valence-electron chi connectivity index (χ1n) is 7.87. The summed E-state index contributed by atoms with van der Waals surface area (Å²) in [7, 11) is 1.57. The average Bonchev–Trinajstić information content (AvgIpc) is 2.60. The summed E-state index contributed by atoms with van der Waals surface area (Å²) in [6.45, 7) is 1.70. The molecule has 0 amide bonds. The van der Waals surface area contributed by atoms with Gasteiger partial charge in [0, 0.05) is 23.3 Å². The molecule has 0 saturated carbocycles. The monoisotopic (exact) mass is 356 g/mol. The molecule has 2 aromatic rings. The fraction of sp³-hybridized carbons (Fsp3) is 0.235. The maximum atomic E-state index is 11.1. The van der Waals surface area contributed by atoms with Gasteiger partial charge in [-0.15, -0.1) is 0 Å². The number of nitrogens with two attached hydrogens (primary N) is 2. The van der Waals surface area contributed by atoms with Gasteiger partial charge >= 0.3 is 0 Å². The van der Waals surface area contributed by atoms with E-state index in [9.17, 15) is 10.1 Å². The van der Waals surface area contributed by atoms with Crippen LogP contribution in [0, 0.1) is 10.1 Å². The summed E-state index contributed by atoms with van der Waals surface area (Å²) in [5.74, 6) is -1.44. The van der Waals surface area contributed by atoms with Crippen LogP contribution in [0.5, 0.6) is 5.75 Å². The molecule has 1 aliphatic rings. The Morgan fingerprint density at radius 1 is 1.19 bits per heavy atom. The van der Waals surface area contributed by atoms with Crippen LogP contribution in [0.25, 0.3) is 0 Å². The molecular weight excluding hydrogens is 336 g/mol. The van der Waals surface area contributed by atoms with Gasteiger partial charge in [-0.25, -0.2) is 10.3 Å². The van der Waals surface area contributed by atoms with Crippen molar-refractivity contribution in [2.24, 2.45) is 16.5 Å². The molecule has 26 heavy (non-hydrogen) atoms. The lowest BCUT2D eigenvalue weighted by Crippen LogP contribution is -2.74. The summed E-state index contributed by atoms with van der Waals surface area (Å²) in [4.78, 5) is 15.1. The van der Waals surface area contributed by atoms with E-state index in [0.717, 1.165) is 5.56 Å². The van der Waals surface area contributed by atoms with Crippen LogP contribution in [0.3, 0.4) is 0 Å². The number of methoxy groups -OCH3 is 1. The normalized spacial score (nSPS) is 25.2. The first-order chi connectivity index (χ1) is 12.2. The summed E-state index contributed by atoms with van der Waals surface area (Å²) in [5.41, 5.74) is 13.8. The number of benzene rings is 2. The zero-order valence-corrected chi connectivity index (χ0v) is 14.4. The number of nitrogens with zero attached hydrogens (tertiary/aromatic N) is 2. The van der Waals surface area contributed by atoms with E-state index in [0.29, 0.717) is 17.1 Å². The minimum atomic E-state index is -1.45. The third-order valence-electron chi connectivity index (χ3n) is 3.96. The lowest BCUT2D eigenvalue weighted by Gasteiger charge is -2.42. The van der Waals surface area contributed by atoms with Crippen molar-refractivity contribution in [1.29, 1.82) is 0 Å². The molecule has 1 aliphatic heterocycles. The van der Waals surface area contributed by atoms with Gasteiger partial charge in [0.1, 0.15) is 17.4 Å². The van der Waals surface area contributed by atoms with Gasteiger partial charge in [-0.3, -0.25) is 21.6 Å². The zero-order valence-electron chi connectivity index (χ0n) is 14.4. The van der Waals surface area contributed by atoms with Gasteiger partial charge in [0.25, 0.3) is 5.69 Å². The molecule has 0 aromatic heterocycles. The number of hydrogen-bond acceptors (Lipinski definition) is 8. The van der Waals surface area contributed by atoms with Gasteiger partial charge < -0.3 is 10.1 Å². The molecule has 9 nitrogen and oxygen atoms in total. The Hall–Kier alpha value is -3.01. The lowest BCUT2D eigenvalue weighted by molar-refractivity contribution is -0.385. The summed E-state index contributed by atoms with van der Waals surface area (Å²) in [5, 5.41) is 17.1. The Balaban J connectivity index is 2.10. The van der Waals surface area contributed by atoms with E-state index in [1.54, 1.807) is 32.2 Å². The van der Waals surface area contributed by atoms with Gasteiger partial charge in [0.15, 0.2) is 5.79 Å². The Kier molecular flexibility index (Phi) is 4.36. The Bertz CT molecular complexity index is 882. The van der Waals surface area contributed by atoms with Crippen molar-refractivity contribution in [2.75, 3.05) is 7.11 Å². The van der Waals surface area contributed by atoms with Gasteiger partial charge in [0.2, 0.25) is 0 Å².